The van der Waals surface area contributed by atoms with Gasteiger partial charge in [-0.15, -0.1) is 0 Å². The Hall–Kier alpha value is -2.50. The molecule has 2 aromatic carbocycles. The molecule has 0 spiro atoms. The number of carbonyl (C=O) groups is 1. The van der Waals surface area contributed by atoms with E-state index in [0.717, 1.165) is 13.1 Å². The molecule has 0 radical (unpaired) electrons. The lowest BCUT2D eigenvalue weighted by Crippen LogP contribution is -2.27. The van der Waals surface area contributed by atoms with Gasteiger partial charge in [0.1, 0.15) is 0 Å². The fourth-order valence-corrected chi connectivity index (χ4v) is 3.78. The van der Waals surface area contributed by atoms with Gasteiger partial charge in [-0.3, -0.25) is 19.8 Å². The molecule has 0 heterocycles. The van der Waals surface area contributed by atoms with Crippen molar-refractivity contribution in [2.45, 2.75) is 31.8 Å². The molecule has 0 atom stereocenters. The number of alkyl halides is 3. The summed E-state index contributed by atoms with van der Waals surface area (Å²) in [5, 5.41) is 11.7. The van der Waals surface area contributed by atoms with Crippen LogP contribution in [0.25, 0.3) is 0 Å². The molecular weight excluding hydrogens is 459 g/mol. The number of hydrogen-bond acceptors (Lipinski definition) is 5. The molecular formula is C19H21ClF3N3O4S. The number of carbonyl (C=O) groups excluding carboxylic acids is 1. The maximum absolute atomic E-state index is 13.3. The van der Waals surface area contributed by atoms with Crippen molar-refractivity contribution < 1.29 is 31.6 Å². The maximum atomic E-state index is 13.3. The summed E-state index contributed by atoms with van der Waals surface area (Å²) in [5.74, 6) is -0.248. The molecule has 1 amide bonds. The normalized spacial score (nSPS) is 12.4. The molecule has 0 aliphatic carbocycles. The number of anilines is 3. The lowest BCUT2D eigenvalue weighted by Gasteiger charge is -2.19. The summed E-state index contributed by atoms with van der Waals surface area (Å²) in [6.07, 6.45) is -4.94. The number of hydroxylamine groups is 1. The van der Waals surface area contributed by atoms with E-state index in [1.807, 2.05) is 0 Å². The third-order valence-corrected chi connectivity index (χ3v) is 5.83. The summed E-state index contributed by atoms with van der Waals surface area (Å²) in [6.45, 7) is 5.18. The van der Waals surface area contributed by atoms with E-state index in [1.165, 1.54) is 24.3 Å². The van der Waals surface area contributed by atoms with Crippen LogP contribution in [0.5, 0.6) is 0 Å². The van der Waals surface area contributed by atoms with E-state index in [4.69, 9.17) is 11.6 Å². The van der Waals surface area contributed by atoms with Crippen LogP contribution in [0.3, 0.4) is 0 Å². The Morgan fingerprint density at radius 3 is 2.03 bits per heavy atom. The molecule has 0 saturated carbocycles. The van der Waals surface area contributed by atoms with E-state index >= 15 is 0 Å². The first kappa shape index (κ1) is 24.8. The molecule has 0 unspecified atom stereocenters. The number of nitrogens with zero attached hydrogens (tertiary/aromatic N) is 1. The van der Waals surface area contributed by atoms with Crippen molar-refractivity contribution in [2.24, 2.45) is 5.41 Å². The number of rotatable bonds is 5. The highest BCUT2D eigenvalue weighted by Crippen LogP contribution is 2.41. The Labute approximate surface area is 182 Å². The summed E-state index contributed by atoms with van der Waals surface area (Å²) < 4.78 is 67.4. The van der Waals surface area contributed by atoms with E-state index in [-0.39, 0.29) is 11.6 Å². The maximum Gasteiger partial charge on any atom is 0.417 e. The lowest BCUT2D eigenvalue weighted by atomic mass is 9.95. The second-order valence-corrected chi connectivity index (χ2v) is 9.77. The minimum atomic E-state index is -4.94. The predicted octanol–water partition coefficient (Wildman–Crippen LogP) is 4.97. The van der Waals surface area contributed by atoms with Gasteiger partial charge in [0.25, 0.3) is 10.0 Å². The first-order valence-electron chi connectivity index (χ1n) is 8.80. The van der Waals surface area contributed by atoms with Gasteiger partial charge in [0.05, 0.1) is 21.2 Å². The van der Waals surface area contributed by atoms with Crippen molar-refractivity contribution in [3.05, 3.63) is 47.0 Å². The zero-order chi connectivity index (χ0) is 23.8. The molecule has 7 nitrogen and oxygen atoms in total. The van der Waals surface area contributed by atoms with Gasteiger partial charge in [0.2, 0.25) is 5.91 Å². The molecule has 3 N–H and O–H groups in total. The largest absolute Gasteiger partial charge is 0.417 e. The van der Waals surface area contributed by atoms with Crippen LogP contribution in [0.4, 0.5) is 30.2 Å². The Bertz CT molecular complexity index is 1080. The van der Waals surface area contributed by atoms with E-state index in [0.29, 0.717) is 16.8 Å². The third kappa shape index (κ3) is 6.02. The lowest BCUT2D eigenvalue weighted by molar-refractivity contribution is -0.137. The van der Waals surface area contributed by atoms with Gasteiger partial charge >= 0.3 is 6.18 Å². The molecule has 0 bridgehead atoms. The minimum absolute atomic E-state index is 0.0520. The highest BCUT2D eigenvalue weighted by atomic mass is 35.5. The van der Waals surface area contributed by atoms with E-state index in [9.17, 15) is 31.6 Å². The van der Waals surface area contributed by atoms with Crippen LogP contribution in [0.2, 0.25) is 5.02 Å². The molecule has 0 fully saturated rings. The first-order chi connectivity index (χ1) is 14.0. The number of amides is 1. The van der Waals surface area contributed by atoms with Gasteiger partial charge in [-0.05, 0) is 36.4 Å². The molecule has 31 heavy (non-hydrogen) atoms. The van der Waals surface area contributed by atoms with Gasteiger partial charge in [-0.2, -0.15) is 13.2 Å². The van der Waals surface area contributed by atoms with E-state index in [2.05, 4.69) is 10.0 Å². The van der Waals surface area contributed by atoms with Crippen molar-refractivity contribution in [1.29, 1.82) is 0 Å². The van der Waals surface area contributed by atoms with Crippen molar-refractivity contribution in [2.75, 3.05) is 22.1 Å². The molecule has 2 rings (SSSR count). The highest BCUT2D eigenvalue weighted by molar-refractivity contribution is 7.92. The van der Waals surface area contributed by atoms with Gasteiger partial charge in [0, 0.05) is 23.8 Å². The average molecular weight is 480 g/mol. The van der Waals surface area contributed by atoms with E-state index in [1.54, 1.807) is 20.8 Å². The summed E-state index contributed by atoms with van der Waals surface area (Å²) in [4.78, 5) is 11.3. The Balaban J connectivity index is 2.36. The second kappa shape index (κ2) is 8.56. The summed E-state index contributed by atoms with van der Waals surface area (Å²) in [5.41, 5.74) is -2.11. The molecule has 0 aliphatic heterocycles. The quantitative estimate of drug-likeness (QED) is 0.526. The zero-order valence-electron chi connectivity index (χ0n) is 17.0. The van der Waals surface area contributed by atoms with Crippen LogP contribution >= 0.6 is 11.6 Å². The van der Waals surface area contributed by atoms with Crippen LogP contribution in [-0.4, -0.2) is 26.6 Å². The smallest absolute Gasteiger partial charge is 0.326 e. The monoisotopic (exact) mass is 479 g/mol. The van der Waals surface area contributed by atoms with Crippen molar-refractivity contribution in [3.8, 4) is 0 Å². The van der Waals surface area contributed by atoms with Crippen molar-refractivity contribution in [1.82, 2.24) is 0 Å². The number of hydrogen-bond donors (Lipinski definition) is 3. The summed E-state index contributed by atoms with van der Waals surface area (Å²) in [7, 11) is -3.45. The van der Waals surface area contributed by atoms with Crippen LogP contribution in [0, 0.1) is 5.41 Å². The average Bonchev–Trinajstić information content (AvgIpc) is 2.61. The number of nitrogens with one attached hydrogen (secondary N) is 2. The molecule has 0 aromatic heterocycles. The fraction of sp³-hybridized carbons (Fsp3) is 0.316. The Kier molecular flexibility index (Phi) is 6.84. The number of halogens is 4. The molecule has 0 saturated heterocycles. The number of sulfonamides is 1. The topological polar surface area (TPSA) is 98.7 Å². The second-order valence-electron chi connectivity index (χ2n) is 7.71. The first-order valence-corrected chi connectivity index (χ1v) is 10.7. The molecule has 170 valence electrons. The van der Waals surface area contributed by atoms with Crippen LogP contribution in [0.15, 0.2) is 41.3 Å². The minimum Gasteiger partial charge on any atom is -0.326 e. The molecule has 0 aliphatic rings. The standard InChI is InChI=1S/C19H21ClF3N3O4S/c1-18(2,3)17(27)24-11-5-7-12(8-6-11)25-31(29,30)13-9-14(19(21,22)23)16(20)15(10-13)26(4)28/h5-10,25,28H,1-4H3,(H,24,27). The highest BCUT2D eigenvalue weighted by Gasteiger charge is 2.36. The van der Waals surface area contributed by atoms with Crippen molar-refractivity contribution in [3.63, 3.8) is 0 Å². The van der Waals surface area contributed by atoms with Crippen LogP contribution in [0.1, 0.15) is 26.3 Å². The SMILES string of the molecule is CN(O)c1cc(S(=O)(=O)Nc2ccc(NC(=O)C(C)(C)C)cc2)cc(C(F)(F)F)c1Cl. The Morgan fingerprint density at radius 1 is 1.06 bits per heavy atom. The zero-order valence-corrected chi connectivity index (χ0v) is 18.6. The van der Waals surface area contributed by atoms with Gasteiger partial charge in [-0.25, -0.2) is 8.42 Å². The fourth-order valence-electron chi connectivity index (χ4n) is 2.33. The third-order valence-electron chi connectivity index (χ3n) is 4.07. The molecule has 2 aromatic rings. The van der Waals surface area contributed by atoms with Crippen LogP contribution < -0.4 is 15.1 Å². The van der Waals surface area contributed by atoms with Gasteiger partial charge in [-0.1, -0.05) is 32.4 Å². The predicted molar refractivity (Wildman–Crippen MR) is 112 cm³/mol. The Morgan fingerprint density at radius 2 is 1.58 bits per heavy atom. The summed E-state index contributed by atoms with van der Waals surface area (Å²) >= 11 is 5.69. The van der Waals surface area contributed by atoms with Crippen LogP contribution in [-0.2, 0) is 21.0 Å². The van der Waals surface area contributed by atoms with E-state index < -0.39 is 42.8 Å². The summed E-state index contributed by atoms with van der Waals surface area (Å²) in [6, 6.07) is 6.77. The van der Waals surface area contributed by atoms with Gasteiger partial charge in [0.15, 0.2) is 0 Å². The number of benzene rings is 2. The molecule has 12 heteroatoms. The van der Waals surface area contributed by atoms with Gasteiger partial charge < -0.3 is 5.32 Å². The van der Waals surface area contributed by atoms with Crippen molar-refractivity contribution >= 4 is 44.6 Å².